The zero-order valence-corrected chi connectivity index (χ0v) is 15.5. The van der Waals surface area contributed by atoms with Gasteiger partial charge in [0.1, 0.15) is 0 Å². The van der Waals surface area contributed by atoms with Crippen LogP contribution in [0.5, 0.6) is 0 Å². The van der Waals surface area contributed by atoms with Crippen LogP contribution in [0.1, 0.15) is 29.2 Å². The first kappa shape index (κ1) is 18.2. The van der Waals surface area contributed by atoms with Gasteiger partial charge in [-0.05, 0) is 23.1 Å². The number of carbonyl (C=O) groups is 3. The summed E-state index contributed by atoms with van der Waals surface area (Å²) in [5, 5.41) is 9.77. The summed E-state index contributed by atoms with van der Waals surface area (Å²) in [6.07, 6.45) is 0.760. The third-order valence-electron chi connectivity index (χ3n) is 5.58. The number of hydrogen-bond donors (Lipinski definition) is 1. The van der Waals surface area contributed by atoms with Gasteiger partial charge in [0, 0.05) is 26.1 Å². The molecule has 0 bridgehead atoms. The Balaban J connectivity index is 1.51. The molecule has 0 aliphatic carbocycles. The number of fused-ring (bicyclic) bond motifs is 1. The van der Waals surface area contributed by atoms with Gasteiger partial charge in [0.2, 0.25) is 11.8 Å². The monoisotopic (exact) mass is 378 g/mol. The molecule has 1 saturated heterocycles. The Morgan fingerprint density at radius 1 is 1.04 bits per heavy atom. The Hall–Kier alpha value is -3.15. The van der Waals surface area contributed by atoms with Crippen LogP contribution in [0.25, 0.3) is 0 Å². The smallest absolute Gasteiger partial charge is 0.331 e. The number of benzene rings is 2. The summed E-state index contributed by atoms with van der Waals surface area (Å²) < 4.78 is 0. The van der Waals surface area contributed by atoms with Gasteiger partial charge in [-0.1, -0.05) is 54.6 Å². The van der Waals surface area contributed by atoms with Crippen LogP contribution in [0.15, 0.2) is 54.6 Å². The maximum Gasteiger partial charge on any atom is 0.331 e. The number of carbonyl (C=O) groups excluding carboxylic acids is 2. The van der Waals surface area contributed by atoms with Gasteiger partial charge in [-0.2, -0.15) is 0 Å². The zero-order chi connectivity index (χ0) is 19.7. The van der Waals surface area contributed by atoms with Crippen molar-refractivity contribution in [3.8, 4) is 0 Å². The summed E-state index contributed by atoms with van der Waals surface area (Å²) in [5.41, 5.74) is 2.64. The lowest BCUT2D eigenvalue weighted by atomic mass is 9.91. The maximum atomic E-state index is 13.2. The van der Waals surface area contributed by atoms with Crippen molar-refractivity contribution < 1.29 is 19.5 Å². The summed E-state index contributed by atoms with van der Waals surface area (Å²) in [7, 11) is 0. The van der Waals surface area contributed by atoms with Gasteiger partial charge < -0.3 is 14.9 Å². The Kier molecular flexibility index (Phi) is 4.86. The molecule has 2 aromatic carbocycles. The Morgan fingerprint density at radius 3 is 2.50 bits per heavy atom. The quantitative estimate of drug-likeness (QED) is 0.885. The molecule has 0 saturated carbocycles. The molecule has 28 heavy (non-hydrogen) atoms. The van der Waals surface area contributed by atoms with Crippen molar-refractivity contribution in [1.29, 1.82) is 0 Å². The predicted octanol–water partition coefficient (Wildman–Crippen LogP) is 2.25. The van der Waals surface area contributed by atoms with Gasteiger partial charge in [0.05, 0.1) is 5.92 Å². The number of amides is 2. The van der Waals surface area contributed by atoms with Gasteiger partial charge in [-0.25, -0.2) is 4.79 Å². The van der Waals surface area contributed by atoms with E-state index in [1.54, 1.807) is 17.0 Å². The average molecular weight is 378 g/mol. The number of carboxylic acid groups (broad SMARTS) is 1. The largest absolute Gasteiger partial charge is 0.479 e. The number of carboxylic acids is 1. The van der Waals surface area contributed by atoms with E-state index >= 15 is 0 Å². The molecule has 0 radical (unpaired) electrons. The summed E-state index contributed by atoms with van der Waals surface area (Å²) in [4.78, 5) is 40.7. The first-order valence-electron chi connectivity index (χ1n) is 9.47. The van der Waals surface area contributed by atoms with Crippen molar-refractivity contribution in [2.75, 3.05) is 13.1 Å². The van der Waals surface area contributed by atoms with E-state index in [0.29, 0.717) is 31.6 Å². The van der Waals surface area contributed by atoms with Gasteiger partial charge >= 0.3 is 5.97 Å². The fourth-order valence-electron chi connectivity index (χ4n) is 4.20. The standard InChI is InChI=1S/C22H22N2O4/c25-19-12-17(14-23(19)13-15-6-2-1-3-7-15)21(26)24-11-10-16-8-4-5-9-18(16)20(24)22(27)28/h1-9,17,20H,10-14H2,(H,27,28). The third-order valence-corrected chi connectivity index (χ3v) is 5.58. The molecule has 2 unspecified atom stereocenters. The molecule has 2 atom stereocenters. The molecular formula is C22H22N2O4. The molecule has 2 aromatic rings. The lowest BCUT2D eigenvalue weighted by molar-refractivity contribution is -0.153. The minimum atomic E-state index is -1.04. The van der Waals surface area contributed by atoms with E-state index in [-0.39, 0.29) is 18.2 Å². The van der Waals surface area contributed by atoms with Crippen LogP contribution < -0.4 is 0 Å². The fourth-order valence-corrected chi connectivity index (χ4v) is 4.20. The maximum absolute atomic E-state index is 13.2. The van der Waals surface area contributed by atoms with Gasteiger partial charge in [0.25, 0.3) is 0 Å². The summed E-state index contributed by atoms with van der Waals surface area (Å²) in [6.45, 7) is 1.15. The zero-order valence-electron chi connectivity index (χ0n) is 15.5. The second kappa shape index (κ2) is 7.46. The minimum Gasteiger partial charge on any atom is -0.479 e. The average Bonchev–Trinajstić information content (AvgIpc) is 3.07. The topological polar surface area (TPSA) is 77.9 Å². The normalized spacial score (nSPS) is 21.5. The van der Waals surface area contributed by atoms with Crippen molar-refractivity contribution in [2.24, 2.45) is 5.92 Å². The first-order chi connectivity index (χ1) is 13.5. The summed E-state index contributed by atoms with van der Waals surface area (Å²) in [6, 6.07) is 16.0. The van der Waals surface area contributed by atoms with Gasteiger partial charge in [0.15, 0.2) is 6.04 Å². The Bertz CT molecular complexity index is 912. The van der Waals surface area contributed by atoms with E-state index in [4.69, 9.17) is 0 Å². The van der Waals surface area contributed by atoms with E-state index < -0.39 is 17.9 Å². The van der Waals surface area contributed by atoms with E-state index in [1.807, 2.05) is 42.5 Å². The molecule has 144 valence electrons. The van der Waals surface area contributed by atoms with Crippen LogP contribution in [0.3, 0.4) is 0 Å². The number of likely N-dealkylation sites (tertiary alicyclic amines) is 1. The molecule has 6 nitrogen and oxygen atoms in total. The Morgan fingerprint density at radius 2 is 1.75 bits per heavy atom. The third kappa shape index (κ3) is 3.38. The molecule has 0 spiro atoms. The fraction of sp³-hybridized carbons (Fsp3) is 0.318. The van der Waals surface area contributed by atoms with Gasteiger partial charge in [-0.3, -0.25) is 9.59 Å². The molecule has 1 fully saturated rings. The predicted molar refractivity (Wildman–Crippen MR) is 102 cm³/mol. The number of nitrogens with zero attached hydrogens (tertiary/aromatic N) is 2. The lowest BCUT2D eigenvalue weighted by Crippen LogP contribution is -2.46. The molecule has 2 aliphatic rings. The van der Waals surface area contributed by atoms with E-state index in [2.05, 4.69) is 0 Å². The molecule has 0 aromatic heterocycles. The van der Waals surface area contributed by atoms with Crippen molar-refractivity contribution in [2.45, 2.75) is 25.4 Å². The molecule has 2 heterocycles. The highest BCUT2D eigenvalue weighted by molar-refractivity contribution is 5.92. The highest BCUT2D eigenvalue weighted by Gasteiger charge is 2.42. The van der Waals surface area contributed by atoms with Crippen LogP contribution in [0.2, 0.25) is 0 Å². The molecular weight excluding hydrogens is 356 g/mol. The van der Waals surface area contributed by atoms with Crippen LogP contribution in [-0.2, 0) is 27.3 Å². The molecule has 6 heteroatoms. The highest BCUT2D eigenvalue weighted by atomic mass is 16.4. The second-order valence-electron chi connectivity index (χ2n) is 7.38. The van der Waals surface area contributed by atoms with Crippen LogP contribution in [0.4, 0.5) is 0 Å². The second-order valence-corrected chi connectivity index (χ2v) is 7.38. The van der Waals surface area contributed by atoms with Crippen molar-refractivity contribution in [3.05, 3.63) is 71.3 Å². The van der Waals surface area contributed by atoms with E-state index in [1.165, 1.54) is 4.90 Å². The van der Waals surface area contributed by atoms with Crippen molar-refractivity contribution in [1.82, 2.24) is 9.80 Å². The number of aliphatic carboxylic acids is 1. The van der Waals surface area contributed by atoms with Crippen molar-refractivity contribution in [3.63, 3.8) is 0 Å². The summed E-state index contributed by atoms with van der Waals surface area (Å²) >= 11 is 0. The molecule has 1 N–H and O–H groups in total. The highest BCUT2D eigenvalue weighted by Crippen LogP contribution is 2.33. The number of hydrogen-bond acceptors (Lipinski definition) is 3. The lowest BCUT2D eigenvalue weighted by Gasteiger charge is -2.36. The molecule has 2 aliphatic heterocycles. The number of rotatable bonds is 4. The van der Waals surface area contributed by atoms with Gasteiger partial charge in [-0.15, -0.1) is 0 Å². The van der Waals surface area contributed by atoms with Crippen molar-refractivity contribution >= 4 is 17.8 Å². The van der Waals surface area contributed by atoms with E-state index in [0.717, 1.165) is 11.1 Å². The SMILES string of the molecule is O=C(O)C1c2ccccc2CCN1C(=O)C1CC(=O)N(Cc2ccccc2)C1. The van der Waals surface area contributed by atoms with Crippen LogP contribution in [-0.4, -0.2) is 45.8 Å². The molecule has 4 rings (SSSR count). The molecule has 2 amide bonds. The Labute approximate surface area is 163 Å². The van der Waals surface area contributed by atoms with E-state index in [9.17, 15) is 19.5 Å². The first-order valence-corrected chi connectivity index (χ1v) is 9.47. The minimum absolute atomic E-state index is 0.0634. The van der Waals surface area contributed by atoms with Crippen LogP contribution >= 0.6 is 0 Å². The summed E-state index contributed by atoms with van der Waals surface area (Å²) in [5.74, 6) is -1.84. The van der Waals surface area contributed by atoms with Crippen LogP contribution in [0, 0.1) is 5.92 Å².